The number of nitrogens with one attached hydrogen (secondary N) is 2. The molecule has 4 rings (SSSR count). The molecule has 0 aliphatic heterocycles. The molecular formula is C33H34N4O5S. The van der Waals surface area contributed by atoms with Crippen molar-refractivity contribution in [1.82, 2.24) is 15.0 Å². The van der Waals surface area contributed by atoms with E-state index >= 15 is 0 Å². The van der Waals surface area contributed by atoms with Gasteiger partial charge in [-0.1, -0.05) is 78.4 Å². The van der Waals surface area contributed by atoms with Gasteiger partial charge < -0.3 is 10.1 Å². The number of aryl methyl sites for hydroxylation is 1. The van der Waals surface area contributed by atoms with Crippen LogP contribution in [0.25, 0.3) is 0 Å². The van der Waals surface area contributed by atoms with Gasteiger partial charge in [0.1, 0.15) is 5.75 Å². The van der Waals surface area contributed by atoms with E-state index in [2.05, 4.69) is 15.8 Å². The summed E-state index contributed by atoms with van der Waals surface area (Å²) in [5, 5.41) is 6.88. The van der Waals surface area contributed by atoms with Crippen molar-refractivity contribution in [2.24, 2.45) is 5.10 Å². The second kappa shape index (κ2) is 14.9. The zero-order chi connectivity index (χ0) is 30.7. The molecule has 9 nitrogen and oxygen atoms in total. The van der Waals surface area contributed by atoms with Crippen LogP contribution < -0.4 is 15.5 Å². The van der Waals surface area contributed by atoms with Crippen molar-refractivity contribution in [3.8, 4) is 5.75 Å². The first-order valence-electron chi connectivity index (χ1n) is 13.7. The zero-order valence-electron chi connectivity index (χ0n) is 24.0. The Balaban J connectivity index is 1.30. The minimum Gasteiger partial charge on any atom is -0.484 e. The zero-order valence-corrected chi connectivity index (χ0v) is 24.8. The van der Waals surface area contributed by atoms with Crippen molar-refractivity contribution in [3.05, 3.63) is 131 Å². The van der Waals surface area contributed by atoms with Crippen LogP contribution in [0.1, 0.15) is 35.2 Å². The van der Waals surface area contributed by atoms with Crippen molar-refractivity contribution in [1.29, 1.82) is 0 Å². The van der Waals surface area contributed by atoms with E-state index in [1.165, 1.54) is 18.3 Å². The minimum atomic E-state index is -3.95. The molecule has 2 N–H and O–H groups in total. The minimum absolute atomic E-state index is 0.0266. The Morgan fingerprint density at radius 2 is 1.49 bits per heavy atom. The Labute approximate surface area is 252 Å². The molecule has 0 radical (unpaired) electrons. The van der Waals surface area contributed by atoms with Gasteiger partial charge in [0.15, 0.2) is 6.61 Å². The van der Waals surface area contributed by atoms with E-state index in [0.717, 1.165) is 21.0 Å². The van der Waals surface area contributed by atoms with E-state index in [4.69, 9.17) is 4.74 Å². The molecule has 0 bridgehead atoms. The second-order valence-corrected chi connectivity index (χ2v) is 11.9. The van der Waals surface area contributed by atoms with Crippen LogP contribution in [0.2, 0.25) is 0 Å². The van der Waals surface area contributed by atoms with Crippen molar-refractivity contribution in [2.75, 3.05) is 13.2 Å². The third-order valence-electron chi connectivity index (χ3n) is 6.51. The third kappa shape index (κ3) is 9.35. The van der Waals surface area contributed by atoms with Gasteiger partial charge in [-0.25, -0.2) is 13.8 Å². The summed E-state index contributed by atoms with van der Waals surface area (Å²) in [6, 6.07) is 31.9. The van der Waals surface area contributed by atoms with Gasteiger partial charge in [-0.15, -0.1) is 0 Å². The van der Waals surface area contributed by atoms with Crippen LogP contribution in [0.5, 0.6) is 5.75 Å². The van der Waals surface area contributed by atoms with Crippen LogP contribution in [0, 0.1) is 6.92 Å². The highest BCUT2D eigenvalue weighted by Gasteiger charge is 2.27. The van der Waals surface area contributed by atoms with Crippen molar-refractivity contribution in [2.45, 2.75) is 31.3 Å². The van der Waals surface area contributed by atoms with E-state index in [0.29, 0.717) is 11.3 Å². The standard InChI is InChI=1S/C33H34N4O5S/c1-25-13-19-31(20-14-25)43(40,41)37(22-28-9-5-3-6-10-28)23-32(38)36-34-21-27-15-17-30(18-16-27)42-24-33(39)35-26(2)29-11-7-4-8-12-29/h3-21,26H,22-24H2,1-2H3,(H,35,39)(H,36,38)/b34-21-/t26-/m0/s1. The first kappa shape index (κ1) is 31.1. The topological polar surface area (TPSA) is 117 Å². The fourth-order valence-electron chi connectivity index (χ4n) is 4.15. The smallest absolute Gasteiger partial charge is 0.258 e. The van der Waals surface area contributed by atoms with Gasteiger partial charge >= 0.3 is 0 Å². The highest BCUT2D eigenvalue weighted by molar-refractivity contribution is 7.89. The number of amides is 2. The highest BCUT2D eigenvalue weighted by Crippen LogP contribution is 2.19. The van der Waals surface area contributed by atoms with Gasteiger partial charge in [-0.2, -0.15) is 9.41 Å². The molecule has 0 spiro atoms. The molecule has 0 unspecified atom stereocenters. The van der Waals surface area contributed by atoms with E-state index in [-0.39, 0.29) is 30.0 Å². The summed E-state index contributed by atoms with van der Waals surface area (Å²) in [5.74, 6) is -0.324. The molecule has 0 saturated heterocycles. The summed E-state index contributed by atoms with van der Waals surface area (Å²) in [7, 11) is -3.95. The lowest BCUT2D eigenvalue weighted by Gasteiger charge is -2.21. The number of benzene rings is 4. The van der Waals surface area contributed by atoms with Crippen molar-refractivity contribution in [3.63, 3.8) is 0 Å². The maximum Gasteiger partial charge on any atom is 0.258 e. The summed E-state index contributed by atoms with van der Waals surface area (Å²) >= 11 is 0. The van der Waals surface area contributed by atoms with E-state index in [9.17, 15) is 18.0 Å². The monoisotopic (exact) mass is 598 g/mol. The van der Waals surface area contributed by atoms with Gasteiger partial charge in [-0.3, -0.25) is 9.59 Å². The van der Waals surface area contributed by atoms with E-state index in [1.54, 1.807) is 48.5 Å². The Bertz CT molecular complexity index is 1630. The normalized spacial score (nSPS) is 12.2. The quantitative estimate of drug-likeness (QED) is 0.172. The van der Waals surface area contributed by atoms with Gasteiger partial charge in [0.2, 0.25) is 10.0 Å². The maximum atomic E-state index is 13.4. The molecule has 0 fully saturated rings. The van der Waals surface area contributed by atoms with Crippen LogP contribution in [0.4, 0.5) is 0 Å². The van der Waals surface area contributed by atoms with Crippen LogP contribution in [-0.4, -0.2) is 43.9 Å². The third-order valence-corrected chi connectivity index (χ3v) is 8.32. The summed E-state index contributed by atoms with van der Waals surface area (Å²) in [6.07, 6.45) is 1.44. The maximum absolute atomic E-state index is 13.4. The average molecular weight is 599 g/mol. The number of hydrazone groups is 1. The lowest BCUT2D eigenvalue weighted by Crippen LogP contribution is -2.39. The Morgan fingerprint density at radius 1 is 0.860 bits per heavy atom. The summed E-state index contributed by atoms with van der Waals surface area (Å²) in [5.41, 5.74) is 5.76. The lowest BCUT2D eigenvalue weighted by molar-refractivity contribution is -0.124. The Morgan fingerprint density at radius 3 is 2.14 bits per heavy atom. The van der Waals surface area contributed by atoms with Crippen LogP contribution in [0.3, 0.4) is 0 Å². The van der Waals surface area contributed by atoms with Gasteiger partial charge in [-0.05, 0) is 66.9 Å². The van der Waals surface area contributed by atoms with E-state index in [1.807, 2.05) is 62.4 Å². The SMILES string of the molecule is Cc1ccc(S(=O)(=O)N(CC(=O)N/N=C\c2ccc(OCC(=O)N[C@@H](C)c3ccccc3)cc2)Cc2ccccc2)cc1. The molecule has 0 aromatic heterocycles. The average Bonchev–Trinajstić information content (AvgIpc) is 3.01. The highest BCUT2D eigenvalue weighted by atomic mass is 32.2. The molecule has 0 aliphatic rings. The molecule has 222 valence electrons. The molecule has 4 aromatic carbocycles. The predicted octanol–water partition coefficient (Wildman–Crippen LogP) is 4.59. The Hall–Kier alpha value is -4.80. The summed E-state index contributed by atoms with van der Waals surface area (Å²) in [4.78, 5) is 25.1. The fraction of sp³-hybridized carbons (Fsp3) is 0.182. The van der Waals surface area contributed by atoms with Crippen LogP contribution >= 0.6 is 0 Å². The largest absolute Gasteiger partial charge is 0.484 e. The number of hydrogen-bond acceptors (Lipinski definition) is 6. The number of ether oxygens (including phenoxy) is 1. The molecule has 0 heterocycles. The number of carbonyl (C=O) groups excluding carboxylic acids is 2. The van der Waals surface area contributed by atoms with Crippen molar-refractivity contribution < 1.29 is 22.7 Å². The predicted molar refractivity (Wildman–Crippen MR) is 166 cm³/mol. The van der Waals surface area contributed by atoms with Gasteiger partial charge in [0.25, 0.3) is 11.8 Å². The van der Waals surface area contributed by atoms with Gasteiger partial charge in [0, 0.05) is 6.54 Å². The molecule has 1 atom stereocenters. The summed E-state index contributed by atoms with van der Waals surface area (Å²) < 4.78 is 33.5. The summed E-state index contributed by atoms with van der Waals surface area (Å²) in [6.45, 7) is 3.26. The number of rotatable bonds is 13. The molecule has 10 heteroatoms. The fourth-order valence-corrected chi connectivity index (χ4v) is 5.54. The van der Waals surface area contributed by atoms with Crippen LogP contribution in [-0.2, 0) is 26.2 Å². The number of sulfonamides is 1. The lowest BCUT2D eigenvalue weighted by atomic mass is 10.1. The van der Waals surface area contributed by atoms with E-state index < -0.39 is 22.5 Å². The molecule has 2 amide bonds. The van der Waals surface area contributed by atoms with Crippen molar-refractivity contribution >= 4 is 28.1 Å². The van der Waals surface area contributed by atoms with Gasteiger partial charge in [0.05, 0.1) is 23.7 Å². The second-order valence-electron chi connectivity index (χ2n) is 9.92. The van der Waals surface area contributed by atoms with Crippen LogP contribution in [0.15, 0.2) is 119 Å². The molecule has 0 saturated carbocycles. The first-order valence-corrected chi connectivity index (χ1v) is 15.1. The first-order chi connectivity index (χ1) is 20.7. The molecule has 4 aromatic rings. The molecule has 0 aliphatic carbocycles. The number of carbonyl (C=O) groups is 2. The number of hydrogen-bond donors (Lipinski definition) is 2. The molecular weight excluding hydrogens is 564 g/mol. The number of nitrogens with zero attached hydrogens (tertiary/aromatic N) is 2. The Kier molecular flexibility index (Phi) is 10.8. The molecule has 43 heavy (non-hydrogen) atoms.